The lowest BCUT2D eigenvalue weighted by Gasteiger charge is -2.14. The van der Waals surface area contributed by atoms with Crippen LogP contribution in [0.2, 0.25) is 0 Å². The highest BCUT2D eigenvalue weighted by Crippen LogP contribution is 2.39. The number of methoxy groups -OCH3 is 1. The summed E-state index contributed by atoms with van der Waals surface area (Å²) in [5.74, 6) is 1.35. The lowest BCUT2D eigenvalue weighted by atomic mass is 10.1. The van der Waals surface area contributed by atoms with Crippen LogP contribution in [0.5, 0.6) is 11.5 Å². The maximum absolute atomic E-state index is 12.4. The van der Waals surface area contributed by atoms with E-state index >= 15 is 0 Å². The van der Waals surface area contributed by atoms with Crippen molar-refractivity contribution in [3.63, 3.8) is 0 Å². The minimum absolute atomic E-state index is 0.00704. The number of imidazole rings is 1. The molecule has 0 spiro atoms. The van der Waals surface area contributed by atoms with E-state index in [1.54, 1.807) is 46.2 Å². The highest BCUT2D eigenvalue weighted by atomic mass is 32.1. The molecule has 0 saturated carbocycles. The van der Waals surface area contributed by atoms with Gasteiger partial charge in [-0.15, -0.1) is 22.7 Å². The van der Waals surface area contributed by atoms with Crippen LogP contribution < -0.4 is 9.47 Å². The normalized spacial score (nSPS) is 11.4. The molecular weight excluding hydrogens is 553 g/mol. The third kappa shape index (κ3) is 4.98. The third-order valence-corrected chi connectivity index (χ3v) is 9.04. The number of hydrogen-bond donors (Lipinski definition) is 0. The van der Waals surface area contributed by atoms with Gasteiger partial charge in [-0.05, 0) is 26.0 Å². The summed E-state index contributed by atoms with van der Waals surface area (Å²) in [7, 11) is 3.42. The lowest BCUT2D eigenvalue weighted by molar-refractivity contribution is 0.0802. The number of carbonyl (C=O) groups is 1. The van der Waals surface area contributed by atoms with Crippen LogP contribution in [-0.2, 0) is 6.61 Å². The van der Waals surface area contributed by atoms with Gasteiger partial charge in [0.05, 0.1) is 29.2 Å². The van der Waals surface area contributed by atoms with Gasteiger partial charge in [0.25, 0.3) is 5.91 Å². The summed E-state index contributed by atoms with van der Waals surface area (Å²) >= 11 is 4.61. The quantitative estimate of drug-likeness (QED) is 0.214. The smallest absolute Gasteiger partial charge is 0.253 e. The Morgan fingerprint density at radius 3 is 2.64 bits per heavy atom. The fourth-order valence-corrected chi connectivity index (χ4v) is 6.49. The highest BCUT2D eigenvalue weighted by Gasteiger charge is 2.17. The van der Waals surface area contributed by atoms with Gasteiger partial charge < -0.3 is 14.4 Å². The minimum Gasteiger partial charge on any atom is -0.497 e. The van der Waals surface area contributed by atoms with E-state index in [4.69, 9.17) is 19.4 Å². The lowest BCUT2D eigenvalue weighted by Crippen LogP contribution is -2.26. The molecule has 1 amide bonds. The fraction of sp³-hybridized carbons (Fsp3) is 0.222. The molecule has 6 aromatic rings. The van der Waals surface area contributed by atoms with Gasteiger partial charge in [0, 0.05) is 42.2 Å². The number of fused-ring (bicyclic) bond motifs is 2. The molecule has 39 heavy (non-hydrogen) atoms. The van der Waals surface area contributed by atoms with Crippen LogP contribution in [0.3, 0.4) is 0 Å². The SMILES string of the molecule is CCN(C)C(=O)c1ccc(-c2nc(COc3cc(OC)cc4nc(-c5cn6nc(C)sc6n5)sc34)cs2)cc1. The maximum Gasteiger partial charge on any atom is 0.253 e. The number of hydrogen-bond acceptors (Lipinski definition) is 10. The fourth-order valence-electron chi connectivity index (χ4n) is 3.99. The Morgan fingerprint density at radius 1 is 1.08 bits per heavy atom. The van der Waals surface area contributed by atoms with Crippen LogP contribution in [0.4, 0.5) is 0 Å². The third-order valence-electron chi connectivity index (χ3n) is 6.16. The van der Waals surface area contributed by atoms with Gasteiger partial charge >= 0.3 is 0 Å². The van der Waals surface area contributed by atoms with Crippen LogP contribution in [-0.4, -0.2) is 56.1 Å². The second-order valence-corrected chi connectivity index (χ2v) is 11.8. The van der Waals surface area contributed by atoms with Crippen molar-refractivity contribution in [2.45, 2.75) is 20.5 Å². The van der Waals surface area contributed by atoms with E-state index in [0.29, 0.717) is 30.2 Å². The Balaban J connectivity index is 1.22. The summed E-state index contributed by atoms with van der Waals surface area (Å²) in [6.45, 7) is 4.88. The van der Waals surface area contributed by atoms with Crippen molar-refractivity contribution in [3.05, 3.63) is 64.2 Å². The predicted octanol–water partition coefficient (Wildman–Crippen LogP) is 6.18. The van der Waals surface area contributed by atoms with Gasteiger partial charge in [0.15, 0.2) is 0 Å². The first kappa shape index (κ1) is 25.4. The van der Waals surface area contributed by atoms with E-state index in [-0.39, 0.29) is 5.91 Å². The molecule has 0 atom stereocenters. The number of rotatable bonds is 8. The molecule has 4 aromatic heterocycles. The summed E-state index contributed by atoms with van der Waals surface area (Å²) in [5.41, 5.74) is 4.00. The Bertz CT molecular complexity index is 1770. The van der Waals surface area contributed by atoms with Gasteiger partial charge in [0.1, 0.15) is 38.8 Å². The number of amides is 1. The van der Waals surface area contributed by atoms with Crippen LogP contribution in [0.25, 0.3) is 36.5 Å². The van der Waals surface area contributed by atoms with Gasteiger partial charge in [-0.25, -0.2) is 19.5 Å². The molecule has 2 aromatic carbocycles. The molecule has 0 aliphatic heterocycles. The summed E-state index contributed by atoms with van der Waals surface area (Å²) in [4.78, 5) is 29.2. The zero-order chi connectivity index (χ0) is 27.1. The molecule has 6 rings (SSSR count). The van der Waals surface area contributed by atoms with Crippen molar-refractivity contribution >= 4 is 55.1 Å². The Labute approximate surface area is 236 Å². The molecule has 0 bridgehead atoms. The Hall–Kier alpha value is -3.87. The van der Waals surface area contributed by atoms with Crippen LogP contribution in [0.1, 0.15) is 28.0 Å². The largest absolute Gasteiger partial charge is 0.497 e. The average Bonchev–Trinajstić information content (AvgIpc) is 3.73. The second-order valence-electron chi connectivity index (χ2n) is 8.80. The molecule has 0 saturated heterocycles. The summed E-state index contributed by atoms with van der Waals surface area (Å²) in [6, 6.07) is 11.3. The van der Waals surface area contributed by atoms with Crippen molar-refractivity contribution in [2.24, 2.45) is 0 Å². The second kappa shape index (κ2) is 10.4. The van der Waals surface area contributed by atoms with Gasteiger partial charge in [-0.2, -0.15) is 5.10 Å². The van der Waals surface area contributed by atoms with E-state index in [0.717, 1.165) is 47.2 Å². The zero-order valence-corrected chi connectivity index (χ0v) is 24.1. The van der Waals surface area contributed by atoms with Gasteiger partial charge in [0.2, 0.25) is 4.96 Å². The van der Waals surface area contributed by atoms with Crippen LogP contribution >= 0.6 is 34.0 Å². The first-order valence-corrected chi connectivity index (χ1v) is 14.7. The summed E-state index contributed by atoms with van der Waals surface area (Å²) in [5, 5.41) is 9.07. The van der Waals surface area contributed by atoms with Crippen molar-refractivity contribution in [1.29, 1.82) is 0 Å². The number of aryl methyl sites for hydroxylation is 1. The minimum atomic E-state index is 0.00704. The van der Waals surface area contributed by atoms with Crippen LogP contribution in [0, 0.1) is 6.92 Å². The molecule has 4 heterocycles. The van der Waals surface area contributed by atoms with Crippen molar-refractivity contribution in [1.82, 2.24) is 29.5 Å². The molecule has 0 radical (unpaired) electrons. The Kier molecular flexibility index (Phi) is 6.75. The summed E-state index contributed by atoms with van der Waals surface area (Å²) < 4.78 is 14.5. The number of ether oxygens (including phenoxy) is 2. The first-order valence-electron chi connectivity index (χ1n) is 12.2. The molecular formula is C27H24N6O3S3. The molecule has 198 valence electrons. The zero-order valence-electron chi connectivity index (χ0n) is 21.7. The molecule has 9 nitrogen and oxygen atoms in total. The molecule has 0 fully saturated rings. The molecule has 0 unspecified atom stereocenters. The molecule has 0 aliphatic rings. The van der Waals surface area contributed by atoms with Crippen molar-refractivity contribution in [2.75, 3.05) is 20.7 Å². The molecule has 0 aliphatic carbocycles. The highest BCUT2D eigenvalue weighted by molar-refractivity contribution is 7.22. The van der Waals surface area contributed by atoms with Crippen molar-refractivity contribution in [3.8, 4) is 32.8 Å². The van der Waals surface area contributed by atoms with E-state index in [2.05, 4.69) is 10.1 Å². The maximum atomic E-state index is 12.4. The Morgan fingerprint density at radius 2 is 1.90 bits per heavy atom. The predicted molar refractivity (Wildman–Crippen MR) is 155 cm³/mol. The standard InChI is InChI=1S/C27H24N6O3S3/c1-5-32(3)26(34)17-8-6-16(7-9-17)24-28-18(14-37-24)13-36-22-11-19(35-4)10-20-23(22)39-25(29-20)21-12-33-27(30-21)38-15(2)31-33/h6-12,14H,5,13H2,1-4H3. The monoisotopic (exact) mass is 576 g/mol. The van der Waals surface area contributed by atoms with Gasteiger partial charge in [-0.3, -0.25) is 4.79 Å². The topological polar surface area (TPSA) is 94.7 Å². The first-order chi connectivity index (χ1) is 18.9. The number of carbonyl (C=O) groups excluding carboxylic acids is 1. The number of benzene rings is 2. The van der Waals surface area contributed by atoms with E-state index in [1.165, 1.54) is 11.3 Å². The number of nitrogens with zero attached hydrogens (tertiary/aromatic N) is 6. The number of aromatic nitrogens is 5. The van der Waals surface area contributed by atoms with E-state index in [9.17, 15) is 4.79 Å². The van der Waals surface area contributed by atoms with E-state index in [1.807, 2.05) is 61.8 Å². The number of thiazole rings is 2. The van der Waals surface area contributed by atoms with Gasteiger partial charge in [-0.1, -0.05) is 23.5 Å². The summed E-state index contributed by atoms with van der Waals surface area (Å²) in [6.07, 6.45) is 1.90. The average molecular weight is 577 g/mol. The molecule has 12 heteroatoms. The van der Waals surface area contributed by atoms with E-state index < -0.39 is 0 Å². The molecule has 0 N–H and O–H groups in total. The van der Waals surface area contributed by atoms with Crippen molar-refractivity contribution < 1.29 is 14.3 Å². The van der Waals surface area contributed by atoms with Crippen LogP contribution in [0.15, 0.2) is 48.0 Å².